The first-order valence-electron chi connectivity index (χ1n) is 4.69. The van der Waals surface area contributed by atoms with E-state index in [1.165, 1.54) is 5.56 Å². The maximum atomic E-state index is 5.98. The third-order valence-electron chi connectivity index (χ3n) is 2.48. The highest BCUT2D eigenvalue weighted by atomic mass is 16.5. The fourth-order valence-corrected chi connectivity index (χ4v) is 1.26. The quantitative estimate of drug-likeness (QED) is 0.775. The second-order valence-corrected chi connectivity index (χ2v) is 3.91. The van der Waals surface area contributed by atoms with Crippen molar-refractivity contribution in [2.45, 2.75) is 40.2 Å². The van der Waals surface area contributed by atoms with Crippen molar-refractivity contribution >= 4 is 0 Å². The van der Waals surface area contributed by atoms with E-state index in [1.54, 1.807) is 0 Å². The first-order chi connectivity index (χ1) is 6.02. The Labute approximate surface area is 79.3 Å². The molecule has 1 atom stereocenters. The minimum absolute atomic E-state index is 0.191. The van der Waals surface area contributed by atoms with Crippen molar-refractivity contribution in [2.24, 2.45) is 11.7 Å². The van der Waals surface area contributed by atoms with E-state index in [1.807, 2.05) is 13.8 Å². The lowest BCUT2D eigenvalue weighted by Gasteiger charge is -2.14. The van der Waals surface area contributed by atoms with Crippen molar-refractivity contribution in [3.8, 4) is 0 Å². The molecule has 74 valence electrons. The number of aromatic nitrogens is 1. The van der Waals surface area contributed by atoms with Crippen LogP contribution in [0.3, 0.4) is 0 Å². The van der Waals surface area contributed by atoms with Gasteiger partial charge in [0, 0.05) is 11.6 Å². The van der Waals surface area contributed by atoms with E-state index in [4.69, 9.17) is 10.3 Å². The maximum Gasteiger partial charge on any atom is 0.137 e. The highest BCUT2D eigenvalue weighted by Crippen LogP contribution is 2.16. The normalized spacial score (nSPS) is 13.7. The zero-order valence-corrected chi connectivity index (χ0v) is 8.79. The fourth-order valence-electron chi connectivity index (χ4n) is 1.26. The molecular weight excluding hydrogens is 164 g/mol. The van der Waals surface area contributed by atoms with Gasteiger partial charge < -0.3 is 10.3 Å². The van der Waals surface area contributed by atoms with Crippen LogP contribution >= 0.6 is 0 Å². The monoisotopic (exact) mass is 182 g/mol. The average Bonchev–Trinajstić information content (AvgIpc) is 2.35. The summed E-state index contributed by atoms with van der Waals surface area (Å²) in [4.78, 5) is 0. The molecule has 0 saturated carbocycles. The molecule has 0 aliphatic rings. The Morgan fingerprint density at radius 1 is 1.38 bits per heavy atom. The van der Waals surface area contributed by atoms with E-state index in [0.29, 0.717) is 5.92 Å². The third-order valence-corrected chi connectivity index (χ3v) is 2.48. The van der Waals surface area contributed by atoms with Crippen LogP contribution in [0.2, 0.25) is 0 Å². The van der Waals surface area contributed by atoms with Gasteiger partial charge in [-0.25, -0.2) is 0 Å². The molecule has 1 heterocycles. The molecule has 0 aromatic carbocycles. The Bertz CT molecular complexity index is 259. The summed E-state index contributed by atoms with van der Waals surface area (Å²) < 4.78 is 5.07. The molecule has 1 rings (SSSR count). The van der Waals surface area contributed by atoms with Crippen LogP contribution in [0.25, 0.3) is 0 Å². The number of aryl methyl sites for hydroxylation is 2. The van der Waals surface area contributed by atoms with Gasteiger partial charge in [-0.05, 0) is 26.2 Å². The van der Waals surface area contributed by atoms with Crippen LogP contribution in [0.1, 0.15) is 30.9 Å². The lowest BCUT2D eigenvalue weighted by atomic mass is 9.96. The Morgan fingerprint density at radius 3 is 2.38 bits per heavy atom. The van der Waals surface area contributed by atoms with Crippen molar-refractivity contribution < 1.29 is 4.52 Å². The molecule has 0 bridgehead atoms. The van der Waals surface area contributed by atoms with Gasteiger partial charge in [0.15, 0.2) is 0 Å². The molecule has 1 aromatic heterocycles. The van der Waals surface area contributed by atoms with Crippen molar-refractivity contribution in [3.05, 3.63) is 17.0 Å². The summed E-state index contributed by atoms with van der Waals surface area (Å²) in [6, 6.07) is 0.191. The van der Waals surface area contributed by atoms with Crippen LogP contribution in [0.15, 0.2) is 4.52 Å². The van der Waals surface area contributed by atoms with E-state index in [0.717, 1.165) is 17.9 Å². The molecule has 3 heteroatoms. The summed E-state index contributed by atoms with van der Waals surface area (Å²) in [7, 11) is 0. The Hall–Kier alpha value is -0.830. The number of nitrogens with two attached hydrogens (primary N) is 1. The average molecular weight is 182 g/mol. The first-order valence-corrected chi connectivity index (χ1v) is 4.69. The standard InChI is InChI=1S/C10H18N2O/c1-6(2)10(11)5-9-7(3)12-13-8(9)4/h6,10H,5,11H2,1-4H3. The lowest BCUT2D eigenvalue weighted by molar-refractivity contribution is 0.391. The van der Waals surface area contributed by atoms with Gasteiger partial charge in [0.1, 0.15) is 5.76 Å². The van der Waals surface area contributed by atoms with Crippen molar-refractivity contribution in [1.29, 1.82) is 0 Å². The molecule has 1 aromatic rings. The van der Waals surface area contributed by atoms with Gasteiger partial charge in [-0.2, -0.15) is 0 Å². The lowest BCUT2D eigenvalue weighted by Crippen LogP contribution is -2.29. The molecule has 0 amide bonds. The Balaban J connectivity index is 2.73. The number of nitrogens with zero attached hydrogens (tertiary/aromatic N) is 1. The largest absolute Gasteiger partial charge is 0.361 e. The smallest absolute Gasteiger partial charge is 0.137 e. The summed E-state index contributed by atoms with van der Waals surface area (Å²) in [5.74, 6) is 1.39. The summed E-state index contributed by atoms with van der Waals surface area (Å²) >= 11 is 0. The van der Waals surface area contributed by atoms with E-state index >= 15 is 0 Å². The van der Waals surface area contributed by atoms with E-state index in [9.17, 15) is 0 Å². The van der Waals surface area contributed by atoms with E-state index in [2.05, 4.69) is 19.0 Å². The van der Waals surface area contributed by atoms with Crippen molar-refractivity contribution in [1.82, 2.24) is 5.16 Å². The first kappa shape index (κ1) is 10.3. The van der Waals surface area contributed by atoms with Gasteiger partial charge >= 0.3 is 0 Å². The molecule has 0 aliphatic heterocycles. The SMILES string of the molecule is Cc1noc(C)c1CC(N)C(C)C. The molecule has 13 heavy (non-hydrogen) atoms. The third kappa shape index (κ3) is 2.31. The summed E-state index contributed by atoms with van der Waals surface area (Å²) in [5.41, 5.74) is 8.11. The number of rotatable bonds is 3. The van der Waals surface area contributed by atoms with Crippen LogP contribution in [0.4, 0.5) is 0 Å². The highest BCUT2D eigenvalue weighted by Gasteiger charge is 2.15. The second kappa shape index (κ2) is 3.92. The van der Waals surface area contributed by atoms with Crippen LogP contribution < -0.4 is 5.73 Å². The van der Waals surface area contributed by atoms with Gasteiger partial charge in [-0.15, -0.1) is 0 Å². The highest BCUT2D eigenvalue weighted by molar-refractivity contribution is 5.21. The summed E-state index contributed by atoms with van der Waals surface area (Å²) in [5, 5.41) is 3.90. The zero-order chi connectivity index (χ0) is 10.0. The van der Waals surface area contributed by atoms with Gasteiger partial charge in [0.25, 0.3) is 0 Å². The number of hydrogen-bond acceptors (Lipinski definition) is 3. The summed E-state index contributed by atoms with van der Waals surface area (Å²) in [6.45, 7) is 8.15. The van der Waals surface area contributed by atoms with Gasteiger partial charge in [0.2, 0.25) is 0 Å². The molecule has 3 nitrogen and oxygen atoms in total. The van der Waals surface area contributed by atoms with Gasteiger partial charge in [-0.1, -0.05) is 19.0 Å². The van der Waals surface area contributed by atoms with Gasteiger partial charge in [-0.3, -0.25) is 0 Å². The fraction of sp³-hybridized carbons (Fsp3) is 0.700. The Kier molecular flexibility index (Phi) is 3.09. The van der Waals surface area contributed by atoms with Crippen LogP contribution in [-0.4, -0.2) is 11.2 Å². The molecule has 0 saturated heterocycles. The zero-order valence-electron chi connectivity index (χ0n) is 8.79. The minimum atomic E-state index is 0.191. The molecular formula is C10H18N2O. The van der Waals surface area contributed by atoms with Crippen LogP contribution in [0.5, 0.6) is 0 Å². The molecule has 1 unspecified atom stereocenters. The summed E-state index contributed by atoms with van der Waals surface area (Å²) in [6.07, 6.45) is 0.860. The van der Waals surface area contributed by atoms with Gasteiger partial charge in [0.05, 0.1) is 5.69 Å². The number of hydrogen-bond donors (Lipinski definition) is 1. The minimum Gasteiger partial charge on any atom is -0.361 e. The van der Waals surface area contributed by atoms with E-state index < -0.39 is 0 Å². The second-order valence-electron chi connectivity index (χ2n) is 3.91. The Morgan fingerprint density at radius 2 is 2.00 bits per heavy atom. The van der Waals surface area contributed by atoms with Crippen molar-refractivity contribution in [3.63, 3.8) is 0 Å². The predicted octanol–water partition coefficient (Wildman–Crippen LogP) is 1.82. The predicted molar refractivity (Wildman–Crippen MR) is 52.5 cm³/mol. The maximum absolute atomic E-state index is 5.98. The molecule has 2 N–H and O–H groups in total. The van der Waals surface area contributed by atoms with Crippen LogP contribution in [-0.2, 0) is 6.42 Å². The molecule has 0 spiro atoms. The van der Waals surface area contributed by atoms with E-state index in [-0.39, 0.29) is 6.04 Å². The topological polar surface area (TPSA) is 52.0 Å². The molecule has 0 aliphatic carbocycles. The van der Waals surface area contributed by atoms with Crippen molar-refractivity contribution in [2.75, 3.05) is 0 Å². The van der Waals surface area contributed by atoms with Crippen LogP contribution in [0, 0.1) is 19.8 Å². The molecule has 0 radical (unpaired) electrons. The molecule has 0 fully saturated rings.